The summed E-state index contributed by atoms with van der Waals surface area (Å²) in [5.41, 5.74) is 8.42. The van der Waals surface area contributed by atoms with E-state index in [-0.39, 0.29) is 5.88 Å². The monoisotopic (exact) mass is 361 g/mol. The van der Waals surface area contributed by atoms with Gasteiger partial charge in [0.05, 0.1) is 0 Å². The third kappa shape index (κ3) is 4.42. The van der Waals surface area contributed by atoms with Crippen LogP contribution in [0, 0.1) is 0 Å². The van der Waals surface area contributed by atoms with Crippen molar-refractivity contribution < 1.29 is 13.5 Å². The number of benzene rings is 1. The maximum Gasteiger partial charge on any atom is 0.388 e. The van der Waals surface area contributed by atoms with E-state index in [4.69, 9.17) is 17.3 Å². The van der Waals surface area contributed by atoms with Crippen molar-refractivity contribution in [2.45, 2.75) is 13.0 Å². The standard InChI is InChI=1S/C18H14ClF2N3O/c19-14-3-1-2-13(8-14)15-7-12(10-24-17(15)25-18(20)21)6-11-4-5-16(22)23-9-11/h1-5,7-10,18H,6H2,(H2,22,23). The van der Waals surface area contributed by atoms with E-state index >= 15 is 0 Å². The Bertz CT molecular complexity index is 872. The van der Waals surface area contributed by atoms with Gasteiger partial charge in [-0.05, 0) is 41.0 Å². The van der Waals surface area contributed by atoms with Crippen molar-refractivity contribution in [1.82, 2.24) is 9.97 Å². The van der Waals surface area contributed by atoms with Crippen LogP contribution >= 0.6 is 11.6 Å². The predicted molar refractivity (Wildman–Crippen MR) is 92.8 cm³/mol. The highest BCUT2D eigenvalue weighted by Crippen LogP contribution is 2.32. The first kappa shape index (κ1) is 17.1. The van der Waals surface area contributed by atoms with Crippen molar-refractivity contribution >= 4 is 17.4 Å². The molecule has 0 aliphatic heterocycles. The highest BCUT2D eigenvalue weighted by molar-refractivity contribution is 6.30. The molecule has 0 saturated carbocycles. The van der Waals surface area contributed by atoms with Crippen LogP contribution in [0.5, 0.6) is 5.88 Å². The fourth-order valence-corrected chi connectivity index (χ4v) is 2.60. The zero-order valence-electron chi connectivity index (χ0n) is 13.0. The van der Waals surface area contributed by atoms with E-state index < -0.39 is 6.61 Å². The SMILES string of the molecule is Nc1ccc(Cc2cnc(OC(F)F)c(-c3cccc(Cl)c3)c2)cn1. The minimum atomic E-state index is -2.96. The Morgan fingerprint density at radius 3 is 2.52 bits per heavy atom. The van der Waals surface area contributed by atoms with Crippen molar-refractivity contribution in [3.63, 3.8) is 0 Å². The molecule has 0 saturated heterocycles. The van der Waals surface area contributed by atoms with Crippen molar-refractivity contribution in [3.8, 4) is 17.0 Å². The molecule has 2 heterocycles. The Morgan fingerprint density at radius 2 is 1.84 bits per heavy atom. The number of hydrogen-bond acceptors (Lipinski definition) is 4. The number of hydrogen-bond donors (Lipinski definition) is 1. The normalized spacial score (nSPS) is 10.9. The molecule has 128 valence electrons. The predicted octanol–water partition coefficient (Wildman–Crippen LogP) is 4.57. The van der Waals surface area contributed by atoms with E-state index in [1.54, 1.807) is 42.6 Å². The van der Waals surface area contributed by atoms with Gasteiger partial charge >= 0.3 is 6.61 Å². The minimum Gasteiger partial charge on any atom is -0.416 e. The zero-order valence-corrected chi connectivity index (χ0v) is 13.8. The smallest absolute Gasteiger partial charge is 0.388 e. The van der Waals surface area contributed by atoms with Crippen molar-refractivity contribution in [1.29, 1.82) is 0 Å². The maximum absolute atomic E-state index is 12.7. The molecular weight excluding hydrogens is 348 g/mol. The molecule has 3 rings (SSSR count). The third-order valence-corrected chi connectivity index (χ3v) is 3.74. The van der Waals surface area contributed by atoms with Crippen molar-refractivity contribution in [2.75, 3.05) is 5.73 Å². The molecule has 0 bridgehead atoms. The number of anilines is 1. The van der Waals surface area contributed by atoms with E-state index in [9.17, 15) is 8.78 Å². The first-order chi connectivity index (χ1) is 12.0. The second-order valence-corrected chi connectivity index (χ2v) is 5.79. The molecule has 7 heteroatoms. The molecule has 4 nitrogen and oxygen atoms in total. The van der Waals surface area contributed by atoms with E-state index in [0.717, 1.165) is 11.1 Å². The first-order valence-corrected chi connectivity index (χ1v) is 7.79. The van der Waals surface area contributed by atoms with Crippen LogP contribution in [-0.2, 0) is 6.42 Å². The first-order valence-electron chi connectivity index (χ1n) is 7.41. The van der Waals surface area contributed by atoms with Crippen LogP contribution in [0.3, 0.4) is 0 Å². The number of rotatable bonds is 5. The molecule has 25 heavy (non-hydrogen) atoms. The largest absolute Gasteiger partial charge is 0.416 e. The Balaban J connectivity index is 1.98. The Kier molecular flexibility index (Phi) is 5.09. The number of nitrogens with zero attached hydrogens (tertiary/aromatic N) is 2. The van der Waals surface area contributed by atoms with Gasteiger partial charge in [0.1, 0.15) is 5.82 Å². The van der Waals surface area contributed by atoms with Gasteiger partial charge in [0.15, 0.2) is 0 Å². The molecule has 2 N–H and O–H groups in total. The maximum atomic E-state index is 12.7. The fraction of sp³-hybridized carbons (Fsp3) is 0.111. The van der Waals surface area contributed by atoms with Gasteiger partial charge in [0.25, 0.3) is 0 Å². The molecule has 0 atom stereocenters. The Labute approximate surface area is 148 Å². The van der Waals surface area contributed by atoms with Gasteiger partial charge in [-0.15, -0.1) is 0 Å². The van der Waals surface area contributed by atoms with Gasteiger partial charge < -0.3 is 10.5 Å². The summed E-state index contributed by atoms with van der Waals surface area (Å²) < 4.78 is 29.9. The molecule has 0 amide bonds. The van der Waals surface area contributed by atoms with E-state index in [0.29, 0.717) is 28.4 Å². The fourth-order valence-electron chi connectivity index (χ4n) is 2.41. The minimum absolute atomic E-state index is 0.142. The van der Waals surface area contributed by atoms with Crippen molar-refractivity contribution in [3.05, 3.63) is 71.0 Å². The number of nitrogen functional groups attached to an aromatic ring is 1. The van der Waals surface area contributed by atoms with Gasteiger partial charge in [0.2, 0.25) is 5.88 Å². The number of alkyl halides is 2. The van der Waals surface area contributed by atoms with Gasteiger partial charge in [-0.2, -0.15) is 8.78 Å². The van der Waals surface area contributed by atoms with E-state index in [1.165, 1.54) is 6.20 Å². The molecule has 1 aromatic carbocycles. The topological polar surface area (TPSA) is 61.0 Å². The average molecular weight is 362 g/mol. The highest BCUT2D eigenvalue weighted by Gasteiger charge is 2.14. The van der Waals surface area contributed by atoms with Crippen LogP contribution in [0.2, 0.25) is 5.02 Å². The lowest BCUT2D eigenvalue weighted by Gasteiger charge is -2.12. The van der Waals surface area contributed by atoms with Gasteiger partial charge in [-0.25, -0.2) is 9.97 Å². The van der Waals surface area contributed by atoms with E-state index in [2.05, 4.69) is 14.7 Å². The summed E-state index contributed by atoms with van der Waals surface area (Å²) in [6.07, 6.45) is 3.70. The number of nitrogens with two attached hydrogens (primary N) is 1. The summed E-state index contributed by atoms with van der Waals surface area (Å²) in [7, 11) is 0. The quantitative estimate of drug-likeness (QED) is 0.723. The Morgan fingerprint density at radius 1 is 1.04 bits per heavy atom. The molecule has 0 aliphatic carbocycles. The summed E-state index contributed by atoms with van der Waals surface area (Å²) >= 11 is 6.01. The summed E-state index contributed by atoms with van der Waals surface area (Å²) in [5.74, 6) is 0.290. The molecule has 0 aliphatic rings. The molecule has 0 unspecified atom stereocenters. The molecule has 3 aromatic rings. The van der Waals surface area contributed by atoms with Crippen LogP contribution < -0.4 is 10.5 Å². The summed E-state index contributed by atoms with van der Waals surface area (Å²) in [6, 6.07) is 12.2. The van der Waals surface area contributed by atoms with Crippen LogP contribution in [0.25, 0.3) is 11.1 Å². The second kappa shape index (κ2) is 7.44. The van der Waals surface area contributed by atoms with Crippen LogP contribution in [0.15, 0.2) is 54.9 Å². The van der Waals surface area contributed by atoms with Crippen LogP contribution in [0.1, 0.15) is 11.1 Å². The Hall–Kier alpha value is -2.73. The summed E-state index contributed by atoms with van der Waals surface area (Å²) in [4.78, 5) is 8.09. The van der Waals surface area contributed by atoms with Gasteiger partial charge in [-0.1, -0.05) is 29.8 Å². The number of aromatic nitrogens is 2. The lowest BCUT2D eigenvalue weighted by molar-refractivity contribution is -0.0524. The number of pyridine rings is 2. The third-order valence-electron chi connectivity index (χ3n) is 3.50. The molecule has 2 aromatic heterocycles. The highest BCUT2D eigenvalue weighted by atomic mass is 35.5. The molecule has 0 fully saturated rings. The molecular formula is C18H14ClF2N3O. The van der Waals surface area contributed by atoms with Crippen LogP contribution in [-0.4, -0.2) is 16.6 Å². The zero-order chi connectivity index (χ0) is 17.8. The van der Waals surface area contributed by atoms with Gasteiger partial charge in [0, 0.05) is 29.4 Å². The number of ether oxygens (including phenoxy) is 1. The van der Waals surface area contributed by atoms with E-state index in [1.807, 2.05) is 6.07 Å². The lowest BCUT2D eigenvalue weighted by Crippen LogP contribution is -2.06. The average Bonchev–Trinajstić information content (AvgIpc) is 2.58. The lowest BCUT2D eigenvalue weighted by atomic mass is 10.0. The summed E-state index contributed by atoms with van der Waals surface area (Å²) in [6.45, 7) is -2.96. The van der Waals surface area contributed by atoms with Crippen molar-refractivity contribution in [2.24, 2.45) is 0 Å². The van der Waals surface area contributed by atoms with Gasteiger partial charge in [-0.3, -0.25) is 0 Å². The number of halogens is 3. The molecule has 0 spiro atoms. The second-order valence-electron chi connectivity index (χ2n) is 5.35. The van der Waals surface area contributed by atoms with Crippen LogP contribution in [0.4, 0.5) is 14.6 Å². The summed E-state index contributed by atoms with van der Waals surface area (Å²) in [5, 5.41) is 0.494. The molecule has 0 radical (unpaired) electrons.